The largest absolute Gasteiger partial charge is 0.549 e. The number of benzene rings is 2. The smallest absolute Gasteiger partial charge is 0.371 e. The number of aldehydes is 1. The highest BCUT2D eigenvalue weighted by molar-refractivity contribution is 7.48. The lowest BCUT2D eigenvalue weighted by molar-refractivity contribution is -0.108. The summed E-state index contributed by atoms with van der Waals surface area (Å²) in [5, 5.41) is 4.11. The molecule has 3 atom stereocenters. The van der Waals surface area contributed by atoms with Crippen LogP contribution >= 0.6 is 8.03 Å². The van der Waals surface area contributed by atoms with Gasteiger partial charge in [0.25, 0.3) is 0 Å². The molecule has 0 fully saturated rings. The molecule has 0 saturated heterocycles. The number of carbonyl (C=O) groups excluding carboxylic acids is 1. The summed E-state index contributed by atoms with van der Waals surface area (Å²) in [5.74, 6) is 0.612. The summed E-state index contributed by atoms with van der Waals surface area (Å²) in [5.41, 5.74) is 4.07. The molecule has 0 saturated carbocycles. The van der Waals surface area contributed by atoms with Gasteiger partial charge in [0.1, 0.15) is 18.4 Å². The Morgan fingerprint density at radius 3 is 1.79 bits per heavy atom. The van der Waals surface area contributed by atoms with Crippen molar-refractivity contribution in [2.45, 2.75) is 136 Å². The van der Waals surface area contributed by atoms with Crippen molar-refractivity contribution in [3.8, 4) is 0 Å². The minimum absolute atomic E-state index is 0.0902. The molecule has 4 nitrogen and oxygen atoms in total. The van der Waals surface area contributed by atoms with Gasteiger partial charge in [-0.15, -0.1) is 4.52 Å². The Bertz CT molecular complexity index is 977. The molecule has 0 amide bonds. The lowest BCUT2D eigenvalue weighted by atomic mass is 9.92. The molecule has 0 radical (unpaired) electrons. The lowest BCUT2D eigenvalue weighted by Crippen LogP contribution is -2.21. The molecule has 5 heteroatoms. The van der Waals surface area contributed by atoms with Gasteiger partial charge in [0.15, 0.2) is 0 Å². The first-order chi connectivity index (χ1) is 18.8. The summed E-state index contributed by atoms with van der Waals surface area (Å²) in [6, 6.07) is 13.2. The summed E-state index contributed by atoms with van der Waals surface area (Å²) < 4.78 is 19.4. The van der Waals surface area contributed by atoms with Gasteiger partial charge < -0.3 is 10.1 Å². The Labute approximate surface area is 239 Å². The Morgan fingerprint density at radius 2 is 1.26 bits per heavy atom. The molecule has 0 aliphatic carbocycles. The highest BCUT2D eigenvalue weighted by atomic mass is 31.1. The highest BCUT2D eigenvalue weighted by Gasteiger charge is 2.32. The number of rotatable bonds is 20. The van der Waals surface area contributed by atoms with Crippen molar-refractivity contribution in [1.82, 2.24) is 0 Å². The van der Waals surface area contributed by atoms with E-state index < -0.39 is 14.1 Å². The van der Waals surface area contributed by atoms with E-state index in [1.807, 2.05) is 31.2 Å². The molecule has 0 heterocycles. The number of carbonyl (C=O) groups is 1. The standard InChI is InChI=1S/C34H53NO3P/c1-7-8-9-10-11-12-13-14-15-16-20-28(6)38-39(37)33-24-18-17-21-31(33)32(25-36)35-34-29(26(2)3)22-19-23-30(34)27(4)5/h17-19,21-28,32,35H,7-16,20H2,1-6H3/q+1. The SMILES string of the molecule is CCCCCCCCCCCCC(C)O[P+](=O)c1ccccc1C(C=O)Nc1c(C(C)C)cccc1C(C)C. The quantitative estimate of drug-likeness (QED) is 0.100. The molecule has 1 N–H and O–H groups in total. The lowest BCUT2D eigenvalue weighted by Gasteiger charge is -2.24. The van der Waals surface area contributed by atoms with Crippen LogP contribution in [0.2, 0.25) is 0 Å². The van der Waals surface area contributed by atoms with Crippen LogP contribution in [-0.4, -0.2) is 12.4 Å². The second kappa shape index (κ2) is 18.3. The van der Waals surface area contributed by atoms with E-state index in [0.717, 1.165) is 24.8 Å². The molecule has 39 heavy (non-hydrogen) atoms. The first kappa shape index (κ1) is 33.2. The second-order valence-corrected chi connectivity index (χ2v) is 12.8. The van der Waals surface area contributed by atoms with Crippen LogP contribution in [0.1, 0.15) is 147 Å². The fourth-order valence-corrected chi connectivity index (χ4v) is 6.35. The third-order valence-corrected chi connectivity index (χ3v) is 8.87. The van der Waals surface area contributed by atoms with E-state index in [1.54, 1.807) is 0 Å². The van der Waals surface area contributed by atoms with Gasteiger partial charge in [0.2, 0.25) is 5.30 Å². The topological polar surface area (TPSA) is 55.4 Å². The van der Waals surface area contributed by atoms with Crippen molar-refractivity contribution in [1.29, 1.82) is 0 Å². The van der Waals surface area contributed by atoms with Crippen molar-refractivity contribution < 1.29 is 13.9 Å². The average Bonchev–Trinajstić information content (AvgIpc) is 2.92. The normalized spacial score (nSPS) is 13.5. The number of hydrogen-bond acceptors (Lipinski definition) is 4. The van der Waals surface area contributed by atoms with Crippen molar-refractivity contribution in [3.05, 3.63) is 59.2 Å². The third kappa shape index (κ3) is 11.2. The monoisotopic (exact) mass is 554 g/mol. The van der Waals surface area contributed by atoms with E-state index in [-0.39, 0.29) is 6.10 Å². The molecule has 2 aromatic rings. The van der Waals surface area contributed by atoms with Gasteiger partial charge in [-0.2, -0.15) is 0 Å². The minimum atomic E-state index is -2.08. The van der Waals surface area contributed by atoms with E-state index in [1.165, 1.54) is 68.9 Å². The summed E-state index contributed by atoms with van der Waals surface area (Å²) >= 11 is 0. The molecule has 0 spiro atoms. The maximum atomic E-state index is 13.4. The van der Waals surface area contributed by atoms with Crippen molar-refractivity contribution in [3.63, 3.8) is 0 Å². The van der Waals surface area contributed by atoms with Gasteiger partial charge in [-0.05, 0) is 46.9 Å². The molecule has 0 aromatic heterocycles. The first-order valence-electron chi connectivity index (χ1n) is 15.4. The zero-order valence-electron chi connectivity index (χ0n) is 25.4. The van der Waals surface area contributed by atoms with Crippen LogP contribution in [0.15, 0.2) is 42.5 Å². The van der Waals surface area contributed by atoms with Crippen LogP contribution in [0.3, 0.4) is 0 Å². The van der Waals surface area contributed by atoms with E-state index in [0.29, 0.717) is 22.7 Å². The first-order valence-corrected chi connectivity index (χ1v) is 16.5. The van der Waals surface area contributed by atoms with Crippen LogP contribution in [-0.2, 0) is 13.9 Å². The molecule has 2 aromatic carbocycles. The van der Waals surface area contributed by atoms with Gasteiger partial charge in [-0.25, -0.2) is 0 Å². The fourth-order valence-electron chi connectivity index (χ4n) is 5.17. The Kier molecular flexibility index (Phi) is 15.6. The molecule has 2 rings (SSSR count). The van der Waals surface area contributed by atoms with E-state index in [9.17, 15) is 9.36 Å². The zero-order valence-corrected chi connectivity index (χ0v) is 26.3. The van der Waals surface area contributed by atoms with E-state index >= 15 is 0 Å². The maximum absolute atomic E-state index is 13.4. The summed E-state index contributed by atoms with van der Waals surface area (Å²) in [7, 11) is -2.08. The van der Waals surface area contributed by atoms with Crippen LogP contribution in [0.25, 0.3) is 0 Å². The Morgan fingerprint density at radius 1 is 0.744 bits per heavy atom. The van der Waals surface area contributed by atoms with Crippen molar-refractivity contribution in [2.24, 2.45) is 0 Å². The van der Waals surface area contributed by atoms with Crippen molar-refractivity contribution in [2.75, 3.05) is 5.32 Å². The number of hydrogen-bond donors (Lipinski definition) is 1. The average molecular weight is 555 g/mol. The highest BCUT2D eigenvalue weighted by Crippen LogP contribution is 2.36. The van der Waals surface area contributed by atoms with Crippen LogP contribution in [0.5, 0.6) is 0 Å². The number of anilines is 1. The molecule has 0 aliphatic rings. The summed E-state index contributed by atoms with van der Waals surface area (Å²) in [6.07, 6.45) is 14.7. The minimum Gasteiger partial charge on any atom is -0.371 e. The van der Waals surface area contributed by atoms with E-state index in [4.69, 9.17) is 4.52 Å². The van der Waals surface area contributed by atoms with Crippen LogP contribution in [0, 0.1) is 0 Å². The number of para-hydroxylation sites is 1. The van der Waals surface area contributed by atoms with Crippen molar-refractivity contribution >= 4 is 25.3 Å². The molecule has 0 bridgehead atoms. The van der Waals surface area contributed by atoms with Gasteiger partial charge in [-0.1, -0.05) is 135 Å². The zero-order chi connectivity index (χ0) is 28.6. The second-order valence-electron chi connectivity index (χ2n) is 11.6. The van der Waals surface area contributed by atoms with E-state index in [2.05, 4.69) is 58.1 Å². The molecule has 216 valence electrons. The van der Waals surface area contributed by atoms with Crippen LogP contribution < -0.4 is 10.6 Å². The van der Waals surface area contributed by atoms with Gasteiger partial charge in [0, 0.05) is 11.3 Å². The Balaban J connectivity index is 1.98. The van der Waals surface area contributed by atoms with Gasteiger partial charge in [0.05, 0.1) is 0 Å². The van der Waals surface area contributed by atoms with Crippen LogP contribution in [0.4, 0.5) is 5.69 Å². The molecule has 0 aliphatic heterocycles. The summed E-state index contributed by atoms with van der Waals surface area (Å²) in [4.78, 5) is 12.4. The fraction of sp³-hybridized carbons (Fsp3) is 0.618. The van der Waals surface area contributed by atoms with Gasteiger partial charge >= 0.3 is 8.03 Å². The third-order valence-electron chi connectivity index (χ3n) is 7.52. The predicted octanol–water partition coefficient (Wildman–Crippen LogP) is 10.4. The number of unbranched alkanes of at least 4 members (excludes halogenated alkanes) is 9. The maximum Gasteiger partial charge on any atom is 0.549 e. The summed E-state index contributed by atoms with van der Waals surface area (Å²) in [6.45, 7) is 12.9. The molecular formula is C34H53NO3P+. The Hall–Kier alpha value is -2.03. The number of nitrogens with one attached hydrogen (secondary N) is 1. The predicted molar refractivity (Wildman–Crippen MR) is 168 cm³/mol. The van der Waals surface area contributed by atoms with Gasteiger partial charge in [-0.3, -0.25) is 0 Å². The molecular weight excluding hydrogens is 501 g/mol. The molecule has 3 unspecified atom stereocenters.